The zero-order valence-corrected chi connectivity index (χ0v) is 18.2. The minimum atomic E-state index is -1.28. The Bertz CT molecular complexity index is 1220. The van der Waals surface area contributed by atoms with Crippen molar-refractivity contribution < 1.29 is 33.5 Å². The van der Waals surface area contributed by atoms with Gasteiger partial charge in [0.05, 0.1) is 11.3 Å². The Morgan fingerprint density at radius 2 is 1.59 bits per heavy atom. The molecule has 8 nitrogen and oxygen atoms in total. The number of nitrogens with one attached hydrogen (secondary N) is 1. The number of carbonyl (C=O) groups is 3. The van der Waals surface area contributed by atoms with E-state index in [0.717, 1.165) is 28.3 Å². The van der Waals surface area contributed by atoms with E-state index in [0.29, 0.717) is 5.06 Å². The summed E-state index contributed by atoms with van der Waals surface area (Å²) in [5, 5.41) is 11.7. The molecular formula is C25H21FN2O6. The number of anilines is 1. The standard InChI is InChI=1S/C25H21FN2O6/c1-28(34-14-22(29)30)24(31)19-11-6-12-21(26)23(19)27-25(32)33-13-20-17-9-4-2-7-15(17)16-8-3-5-10-18(16)20/h2-12,20H,13-14H2,1H3,(H,27,32)(H,29,30). The molecule has 0 saturated carbocycles. The number of carboxylic acids is 1. The van der Waals surface area contributed by atoms with Gasteiger partial charge < -0.3 is 9.84 Å². The molecule has 0 aliphatic heterocycles. The quantitative estimate of drug-likeness (QED) is 0.506. The monoisotopic (exact) mass is 464 g/mol. The van der Waals surface area contributed by atoms with Crippen LogP contribution in [0.5, 0.6) is 0 Å². The van der Waals surface area contributed by atoms with Gasteiger partial charge in [0.25, 0.3) is 5.91 Å². The van der Waals surface area contributed by atoms with Crippen molar-refractivity contribution in [2.45, 2.75) is 5.92 Å². The summed E-state index contributed by atoms with van der Waals surface area (Å²) < 4.78 is 19.9. The van der Waals surface area contributed by atoms with Crippen molar-refractivity contribution in [3.8, 4) is 11.1 Å². The molecule has 2 amide bonds. The number of rotatable bonds is 7. The third kappa shape index (κ3) is 4.60. The lowest BCUT2D eigenvalue weighted by Gasteiger charge is -2.19. The van der Waals surface area contributed by atoms with Crippen LogP contribution in [0.4, 0.5) is 14.9 Å². The summed E-state index contributed by atoms with van der Waals surface area (Å²) in [7, 11) is 1.19. The normalized spacial score (nSPS) is 11.9. The van der Waals surface area contributed by atoms with Crippen molar-refractivity contribution in [1.82, 2.24) is 5.06 Å². The zero-order chi connectivity index (χ0) is 24.2. The molecule has 1 aliphatic rings. The maximum atomic E-state index is 14.5. The van der Waals surface area contributed by atoms with E-state index in [1.165, 1.54) is 19.2 Å². The van der Waals surface area contributed by atoms with Gasteiger partial charge in [-0.15, -0.1) is 0 Å². The van der Waals surface area contributed by atoms with E-state index < -0.39 is 36.1 Å². The number of amides is 2. The van der Waals surface area contributed by atoms with Crippen LogP contribution in [-0.4, -0.2) is 48.4 Å². The molecule has 2 N–H and O–H groups in total. The van der Waals surface area contributed by atoms with Crippen LogP contribution in [0.15, 0.2) is 66.7 Å². The molecule has 9 heteroatoms. The number of hydrogen-bond acceptors (Lipinski definition) is 5. The van der Waals surface area contributed by atoms with Crippen molar-refractivity contribution in [2.24, 2.45) is 0 Å². The second-order valence-electron chi connectivity index (χ2n) is 7.58. The number of halogens is 1. The van der Waals surface area contributed by atoms with Crippen LogP contribution in [0.2, 0.25) is 0 Å². The summed E-state index contributed by atoms with van der Waals surface area (Å²) in [6.07, 6.45) is -0.935. The van der Waals surface area contributed by atoms with Crippen LogP contribution in [0.3, 0.4) is 0 Å². The highest BCUT2D eigenvalue weighted by atomic mass is 19.1. The van der Waals surface area contributed by atoms with Crippen LogP contribution >= 0.6 is 0 Å². The van der Waals surface area contributed by atoms with E-state index in [9.17, 15) is 18.8 Å². The number of carboxylic acid groups (broad SMARTS) is 1. The Hall–Kier alpha value is -4.24. The molecule has 174 valence electrons. The maximum absolute atomic E-state index is 14.5. The Morgan fingerprint density at radius 1 is 0.971 bits per heavy atom. The van der Waals surface area contributed by atoms with Gasteiger partial charge in [0.1, 0.15) is 12.4 Å². The molecule has 4 rings (SSSR count). The first-order valence-electron chi connectivity index (χ1n) is 10.4. The fourth-order valence-electron chi connectivity index (χ4n) is 3.95. The number of hydrogen-bond donors (Lipinski definition) is 2. The highest BCUT2D eigenvalue weighted by molar-refractivity contribution is 6.02. The van der Waals surface area contributed by atoms with Crippen LogP contribution < -0.4 is 5.32 Å². The number of fused-ring (bicyclic) bond motifs is 3. The fourth-order valence-corrected chi connectivity index (χ4v) is 3.95. The Kier molecular flexibility index (Phi) is 6.55. The second-order valence-corrected chi connectivity index (χ2v) is 7.58. The van der Waals surface area contributed by atoms with Crippen molar-refractivity contribution in [1.29, 1.82) is 0 Å². The van der Waals surface area contributed by atoms with Gasteiger partial charge in [-0.25, -0.2) is 19.0 Å². The van der Waals surface area contributed by atoms with Gasteiger partial charge in [-0.3, -0.25) is 14.9 Å². The smallest absolute Gasteiger partial charge is 0.411 e. The molecule has 3 aromatic carbocycles. The number of hydroxylamine groups is 2. The first-order valence-corrected chi connectivity index (χ1v) is 10.4. The Labute approximate surface area is 194 Å². The van der Waals surface area contributed by atoms with Gasteiger partial charge in [0, 0.05) is 13.0 Å². The lowest BCUT2D eigenvalue weighted by Crippen LogP contribution is -2.30. The van der Waals surface area contributed by atoms with Gasteiger partial charge >= 0.3 is 12.1 Å². The van der Waals surface area contributed by atoms with E-state index in [1.54, 1.807) is 0 Å². The summed E-state index contributed by atoms with van der Waals surface area (Å²) in [5.74, 6) is -3.16. The molecule has 0 heterocycles. The largest absolute Gasteiger partial charge is 0.479 e. The van der Waals surface area contributed by atoms with E-state index in [1.807, 2.05) is 48.5 Å². The molecule has 0 atom stereocenters. The van der Waals surface area contributed by atoms with Gasteiger partial charge in [0.15, 0.2) is 6.61 Å². The molecule has 0 fully saturated rings. The van der Waals surface area contributed by atoms with Gasteiger partial charge in [-0.05, 0) is 34.4 Å². The van der Waals surface area contributed by atoms with E-state index in [-0.39, 0.29) is 18.1 Å². The molecular weight excluding hydrogens is 443 g/mol. The number of benzene rings is 3. The molecule has 0 saturated heterocycles. The van der Waals surface area contributed by atoms with Crippen LogP contribution in [-0.2, 0) is 14.4 Å². The molecule has 0 bridgehead atoms. The van der Waals surface area contributed by atoms with Gasteiger partial charge in [-0.1, -0.05) is 54.6 Å². The molecule has 0 unspecified atom stereocenters. The maximum Gasteiger partial charge on any atom is 0.411 e. The molecule has 0 spiro atoms. The minimum Gasteiger partial charge on any atom is -0.479 e. The highest BCUT2D eigenvalue weighted by Gasteiger charge is 2.29. The van der Waals surface area contributed by atoms with Crippen molar-refractivity contribution in [3.05, 3.63) is 89.2 Å². The number of para-hydroxylation sites is 1. The average molecular weight is 464 g/mol. The third-order valence-corrected chi connectivity index (χ3v) is 5.48. The molecule has 3 aromatic rings. The van der Waals surface area contributed by atoms with Crippen molar-refractivity contribution in [3.63, 3.8) is 0 Å². The molecule has 0 radical (unpaired) electrons. The van der Waals surface area contributed by atoms with Crippen molar-refractivity contribution >= 4 is 23.7 Å². The van der Waals surface area contributed by atoms with E-state index in [2.05, 4.69) is 5.32 Å². The number of ether oxygens (including phenoxy) is 1. The number of carbonyl (C=O) groups excluding carboxylic acids is 2. The van der Waals surface area contributed by atoms with E-state index in [4.69, 9.17) is 14.7 Å². The van der Waals surface area contributed by atoms with Crippen LogP contribution in [0.25, 0.3) is 11.1 Å². The number of nitrogens with zero attached hydrogens (tertiary/aromatic N) is 1. The number of aliphatic carboxylic acids is 1. The summed E-state index contributed by atoms with van der Waals surface area (Å²) >= 11 is 0. The summed E-state index contributed by atoms with van der Waals surface area (Å²) in [6.45, 7) is -0.744. The van der Waals surface area contributed by atoms with Crippen LogP contribution in [0.1, 0.15) is 27.4 Å². The SMILES string of the molecule is CN(OCC(=O)O)C(=O)c1cccc(F)c1NC(=O)OCC1c2ccccc2-c2ccccc21. The lowest BCUT2D eigenvalue weighted by atomic mass is 9.98. The predicted octanol–water partition coefficient (Wildman–Crippen LogP) is 4.27. The van der Waals surface area contributed by atoms with Gasteiger partial charge in [0.2, 0.25) is 0 Å². The molecule has 1 aliphatic carbocycles. The highest BCUT2D eigenvalue weighted by Crippen LogP contribution is 2.44. The predicted molar refractivity (Wildman–Crippen MR) is 121 cm³/mol. The summed E-state index contributed by atoms with van der Waals surface area (Å²) in [4.78, 5) is 40.7. The minimum absolute atomic E-state index is 0.0131. The fraction of sp³-hybridized carbons (Fsp3) is 0.160. The topological polar surface area (TPSA) is 105 Å². The first-order chi connectivity index (χ1) is 16.4. The van der Waals surface area contributed by atoms with Gasteiger partial charge in [-0.2, -0.15) is 0 Å². The second kappa shape index (κ2) is 9.72. The summed E-state index contributed by atoms with van der Waals surface area (Å²) in [5.41, 5.74) is 3.57. The summed E-state index contributed by atoms with van der Waals surface area (Å²) in [6, 6.07) is 19.3. The third-order valence-electron chi connectivity index (χ3n) is 5.48. The molecule has 34 heavy (non-hydrogen) atoms. The molecule has 0 aromatic heterocycles. The first kappa shape index (κ1) is 22.9. The van der Waals surface area contributed by atoms with Crippen LogP contribution in [0, 0.1) is 5.82 Å². The zero-order valence-electron chi connectivity index (χ0n) is 18.2. The van der Waals surface area contributed by atoms with Crippen molar-refractivity contribution in [2.75, 3.05) is 25.6 Å². The Morgan fingerprint density at radius 3 is 2.21 bits per heavy atom. The lowest BCUT2D eigenvalue weighted by molar-refractivity contribution is -0.159. The average Bonchev–Trinajstić information content (AvgIpc) is 3.15. The van der Waals surface area contributed by atoms with E-state index >= 15 is 0 Å². The Balaban J connectivity index is 1.48.